The number of rotatable bonds is 3. The average molecular weight is 313 g/mol. The van der Waals surface area contributed by atoms with Crippen LogP contribution < -0.4 is 0 Å². The molecule has 0 bridgehead atoms. The molecule has 1 N–H and O–H groups in total. The molecule has 2 aliphatic rings. The van der Waals surface area contributed by atoms with Gasteiger partial charge in [-0.25, -0.2) is 13.4 Å². The van der Waals surface area contributed by atoms with E-state index >= 15 is 0 Å². The van der Waals surface area contributed by atoms with Gasteiger partial charge in [0.1, 0.15) is 11.9 Å². The second kappa shape index (κ2) is 4.81. The van der Waals surface area contributed by atoms with Crippen molar-refractivity contribution < 1.29 is 18.3 Å². The number of carboxylic acid groups (broad SMARTS) is 1. The summed E-state index contributed by atoms with van der Waals surface area (Å²) in [5.74, 6) is -0.381. The molecule has 1 aromatic rings. The highest BCUT2D eigenvalue weighted by Crippen LogP contribution is 2.44. The Labute approximate surface area is 123 Å². The van der Waals surface area contributed by atoms with Crippen LogP contribution in [0.15, 0.2) is 11.2 Å². The maximum absolute atomic E-state index is 12.7. The molecule has 0 aromatic carbocycles. The molecule has 1 saturated heterocycles. The van der Waals surface area contributed by atoms with E-state index in [1.807, 2.05) is 0 Å². The number of imidazole rings is 1. The summed E-state index contributed by atoms with van der Waals surface area (Å²) in [4.78, 5) is 15.6. The number of aryl methyl sites for hydroxylation is 2. The summed E-state index contributed by atoms with van der Waals surface area (Å²) in [7, 11) is -2.14. The van der Waals surface area contributed by atoms with Gasteiger partial charge in [-0.15, -0.1) is 0 Å². The van der Waals surface area contributed by atoms with Crippen molar-refractivity contribution in [2.24, 2.45) is 18.9 Å². The zero-order valence-electron chi connectivity index (χ0n) is 12.1. The summed E-state index contributed by atoms with van der Waals surface area (Å²) in [6.45, 7) is 2.01. The van der Waals surface area contributed by atoms with Crippen molar-refractivity contribution in [1.82, 2.24) is 13.9 Å². The van der Waals surface area contributed by atoms with Crippen LogP contribution in [0.3, 0.4) is 0 Å². The Morgan fingerprint density at radius 3 is 2.71 bits per heavy atom. The molecule has 21 heavy (non-hydrogen) atoms. The Morgan fingerprint density at radius 1 is 1.43 bits per heavy atom. The highest BCUT2D eigenvalue weighted by molar-refractivity contribution is 7.89. The number of hydrogen-bond acceptors (Lipinski definition) is 4. The van der Waals surface area contributed by atoms with Crippen LogP contribution in [0.4, 0.5) is 0 Å². The third kappa shape index (κ3) is 2.17. The molecule has 1 aliphatic heterocycles. The lowest BCUT2D eigenvalue weighted by Gasteiger charge is -2.22. The number of carboxylic acids is 1. The second-order valence-electron chi connectivity index (χ2n) is 5.95. The topological polar surface area (TPSA) is 92.5 Å². The number of fused-ring (bicyclic) bond motifs is 1. The van der Waals surface area contributed by atoms with Gasteiger partial charge in [0, 0.05) is 19.8 Å². The maximum atomic E-state index is 12.7. The molecule has 0 amide bonds. The second-order valence-corrected chi connectivity index (χ2v) is 7.79. The van der Waals surface area contributed by atoms with Crippen LogP contribution in [0.5, 0.6) is 0 Å². The van der Waals surface area contributed by atoms with E-state index in [9.17, 15) is 18.3 Å². The van der Waals surface area contributed by atoms with Gasteiger partial charge in [-0.3, -0.25) is 4.79 Å². The molecular formula is C13H19N3O4S. The van der Waals surface area contributed by atoms with Crippen LogP contribution in [0, 0.1) is 18.8 Å². The van der Waals surface area contributed by atoms with Crippen LogP contribution in [0.2, 0.25) is 0 Å². The number of carbonyl (C=O) groups is 1. The Balaban J connectivity index is 2.00. The molecule has 3 rings (SSSR count). The van der Waals surface area contributed by atoms with Crippen LogP contribution in [-0.2, 0) is 21.9 Å². The summed E-state index contributed by atoms with van der Waals surface area (Å²) in [5, 5.41) is 9.41. The number of hydrogen-bond donors (Lipinski definition) is 1. The minimum Gasteiger partial charge on any atom is -0.480 e. The molecule has 0 radical (unpaired) electrons. The predicted molar refractivity (Wildman–Crippen MR) is 74.1 cm³/mol. The number of aliphatic carboxylic acids is 1. The first-order valence-electron chi connectivity index (χ1n) is 7.07. The van der Waals surface area contributed by atoms with Crippen molar-refractivity contribution in [3.05, 3.63) is 12.0 Å². The van der Waals surface area contributed by atoms with Gasteiger partial charge in [-0.1, -0.05) is 6.42 Å². The first-order chi connectivity index (χ1) is 9.82. The number of sulfonamides is 1. The van der Waals surface area contributed by atoms with E-state index in [0.29, 0.717) is 12.4 Å². The molecule has 1 aromatic heterocycles. The SMILES string of the molecule is Cc1nc(S(=O)(=O)N2CC3CCCC3C2C(=O)O)cn1C. The maximum Gasteiger partial charge on any atom is 0.322 e. The summed E-state index contributed by atoms with van der Waals surface area (Å²) in [5.41, 5.74) is 0. The first-order valence-corrected chi connectivity index (χ1v) is 8.51. The number of aromatic nitrogens is 2. The predicted octanol–water partition coefficient (Wildman–Crippen LogP) is 0.602. The van der Waals surface area contributed by atoms with Gasteiger partial charge in [0.05, 0.1) is 0 Å². The van der Waals surface area contributed by atoms with Gasteiger partial charge in [0.2, 0.25) is 0 Å². The van der Waals surface area contributed by atoms with Crippen molar-refractivity contribution >= 4 is 16.0 Å². The van der Waals surface area contributed by atoms with E-state index in [1.165, 1.54) is 6.20 Å². The molecule has 2 fully saturated rings. The fourth-order valence-corrected chi connectivity index (χ4v) is 5.30. The minimum atomic E-state index is -3.86. The summed E-state index contributed by atoms with van der Waals surface area (Å²) in [6, 6.07) is -0.954. The Hall–Kier alpha value is -1.41. The monoisotopic (exact) mass is 313 g/mol. The first kappa shape index (κ1) is 14.5. The molecule has 0 spiro atoms. The molecule has 7 nitrogen and oxygen atoms in total. The standard InChI is InChI=1S/C13H19N3O4S/c1-8-14-11(7-15(8)2)21(19,20)16-6-9-4-3-5-10(9)12(16)13(17)18/h7,9-10,12H,3-6H2,1-2H3,(H,17,18). The van der Waals surface area contributed by atoms with Crippen molar-refractivity contribution in [2.75, 3.05) is 6.54 Å². The average Bonchev–Trinajstić information content (AvgIpc) is 3.03. The highest BCUT2D eigenvalue weighted by Gasteiger charge is 2.52. The van der Waals surface area contributed by atoms with Gasteiger partial charge >= 0.3 is 5.97 Å². The Bertz CT molecular complexity index is 662. The third-order valence-corrected chi connectivity index (χ3v) is 6.48. The minimum absolute atomic E-state index is 0.0614. The number of nitrogens with zero attached hydrogens (tertiary/aromatic N) is 3. The Kier molecular flexibility index (Phi) is 3.32. The van der Waals surface area contributed by atoms with E-state index in [0.717, 1.165) is 23.6 Å². The zero-order chi connectivity index (χ0) is 15.4. The van der Waals surface area contributed by atoms with Crippen LogP contribution >= 0.6 is 0 Å². The lowest BCUT2D eigenvalue weighted by atomic mass is 9.94. The quantitative estimate of drug-likeness (QED) is 0.882. The Morgan fingerprint density at radius 2 is 2.14 bits per heavy atom. The van der Waals surface area contributed by atoms with E-state index in [1.54, 1.807) is 18.5 Å². The molecule has 1 saturated carbocycles. The third-order valence-electron chi connectivity index (χ3n) is 4.76. The van der Waals surface area contributed by atoms with Crippen molar-refractivity contribution in [3.8, 4) is 0 Å². The normalized spacial score (nSPS) is 29.7. The molecule has 2 heterocycles. The lowest BCUT2D eigenvalue weighted by Crippen LogP contribution is -2.43. The summed E-state index contributed by atoms with van der Waals surface area (Å²) < 4.78 is 28.2. The smallest absolute Gasteiger partial charge is 0.322 e. The molecule has 1 aliphatic carbocycles. The van der Waals surface area contributed by atoms with Crippen LogP contribution in [0.25, 0.3) is 0 Å². The van der Waals surface area contributed by atoms with Crippen molar-refractivity contribution in [3.63, 3.8) is 0 Å². The summed E-state index contributed by atoms with van der Waals surface area (Å²) in [6.07, 6.45) is 4.12. The largest absolute Gasteiger partial charge is 0.480 e. The molecule has 116 valence electrons. The molecule has 8 heteroatoms. The van der Waals surface area contributed by atoms with Gasteiger partial charge in [-0.05, 0) is 31.6 Å². The van der Waals surface area contributed by atoms with Crippen molar-refractivity contribution in [1.29, 1.82) is 0 Å². The van der Waals surface area contributed by atoms with E-state index in [2.05, 4.69) is 4.98 Å². The fourth-order valence-electron chi connectivity index (χ4n) is 3.59. The van der Waals surface area contributed by atoms with Gasteiger partial charge < -0.3 is 9.67 Å². The molecular weight excluding hydrogens is 294 g/mol. The van der Waals surface area contributed by atoms with E-state index in [-0.39, 0.29) is 16.9 Å². The van der Waals surface area contributed by atoms with Crippen LogP contribution in [-0.4, -0.2) is 45.9 Å². The molecule has 3 unspecified atom stereocenters. The zero-order valence-corrected chi connectivity index (χ0v) is 12.9. The molecule has 3 atom stereocenters. The van der Waals surface area contributed by atoms with E-state index < -0.39 is 22.0 Å². The van der Waals surface area contributed by atoms with Crippen LogP contribution in [0.1, 0.15) is 25.1 Å². The van der Waals surface area contributed by atoms with Gasteiger partial charge in [0.15, 0.2) is 5.03 Å². The van der Waals surface area contributed by atoms with E-state index in [4.69, 9.17) is 0 Å². The van der Waals surface area contributed by atoms with Gasteiger partial charge in [0.25, 0.3) is 10.0 Å². The van der Waals surface area contributed by atoms with Gasteiger partial charge in [-0.2, -0.15) is 4.31 Å². The fraction of sp³-hybridized carbons (Fsp3) is 0.692. The van der Waals surface area contributed by atoms with Crippen molar-refractivity contribution in [2.45, 2.75) is 37.3 Å². The lowest BCUT2D eigenvalue weighted by molar-refractivity contribution is -0.142. The highest BCUT2D eigenvalue weighted by atomic mass is 32.2. The summed E-state index contributed by atoms with van der Waals surface area (Å²) >= 11 is 0.